The van der Waals surface area contributed by atoms with Crippen LogP contribution >= 0.6 is 7.82 Å². The number of aliphatic hydroxyl groups excluding tert-OH is 1. The molecule has 0 aromatic heterocycles. The zero-order valence-electron chi connectivity index (χ0n) is 36.2. The molecule has 57 heavy (non-hydrogen) atoms. The normalized spacial score (nSPS) is 14.3. The van der Waals surface area contributed by atoms with Crippen LogP contribution in [0.15, 0.2) is 72.9 Å². The van der Waals surface area contributed by atoms with Gasteiger partial charge < -0.3 is 33.0 Å². The Morgan fingerprint density at radius 2 is 1.05 bits per heavy atom. The van der Waals surface area contributed by atoms with Crippen LogP contribution in [0.1, 0.15) is 148 Å². The van der Waals surface area contributed by atoms with Gasteiger partial charge in [0.15, 0.2) is 6.10 Å². The molecule has 0 aromatic carbocycles. The highest BCUT2D eigenvalue weighted by atomic mass is 31.2. The number of carbonyl (C=O) groups excluding carboxylic acids is 2. The van der Waals surface area contributed by atoms with Crippen LogP contribution < -0.4 is 4.89 Å². The van der Waals surface area contributed by atoms with Gasteiger partial charge >= 0.3 is 11.9 Å². The second kappa shape index (κ2) is 38.9. The third kappa shape index (κ3) is 42.8. The van der Waals surface area contributed by atoms with Crippen molar-refractivity contribution in [2.24, 2.45) is 0 Å². The Labute approximate surface area is 347 Å². The van der Waals surface area contributed by atoms with Crippen LogP contribution in [-0.2, 0) is 32.7 Å². The molecule has 0 saturated heterocycles. The van der Waals surface area contributed by atoms with Crippen molar-refractivity contribution >= 4 is 19.8 Å². The third-order valence-electron chi connectivity index (χ3n) is 8.75. The first kappa shape index (κ1) is 54.4. The van der Waals surface area contributed by atoms with Gasteiger partial charge in [-0.1, -0.05) is 118 Å². The molecule has 0 bridgehead atoms. The van der Waals surface area contributed by atoms with E-state index in [0.29, 0.717) is 30.3 Å². The molecule has 0 radical (unpaired) electrons. The number of quaternary nitrogens is 1. The molecule has 1 unspecified atom stereocenters. The van der Waals surface area contributed by atoms with E-state index < -0.39 is 32.5 Å². The lowest BCUT2D eigenvalue weighted by Gasteiger charge is -2.28. The van der Waals surface area contributed by atoms with Crippen LogP contribution in [0.2, 0.25) is 0 Å². The maximum Gasteiger partial charge on any atom is 0.306 e. The number of phosphoric ester groups is 1. The van der Waals surface area contributed by atoms with Crippen molar-refractivity contribution < 1.29 is 47.2 Å². The van der Waals surface area contributed by atoms with Crippen LogP contribution in [-0.4, -0.2) is 81.7 Å². The number of phosphoric acid groups is 1. The Kier molecular flexibility index (Phi) is 37.1. The van der Waals surface area contributed by atoms with E-state index in [9.17, 15) is 19.0 Å². The van der Waals surface area contributed by atoms with Gasteiger partial charge in [-0.2, -0.15) is 0 Å². The highest BCUT2D eigenvalue weighted by molar-refractivity contribution is 7.45. The summed E-state index contributed by atoms with van der Waals surface area (Å²) in [5, 5.41) is 8.79. The molecule has 11 heteroatoms. The number of rotatable bonds is 39. The number of aliphatic hydroxyl groups is 1. The molecule has 0 aliphatic carbocycles. The number of ether oxygens (including phenoxy) is 2. The van der Waals surface area contributed by atoms with Crippen molar-refractivity contribution in [3.8, 4) is 0 Å². The molecular formula is C46H80NO9P. The average molecular weight is 822 g/mol. The van der Waals surface area contributed by atoms with Gasteiger partial charge in [0, 0.05) is 19.4 Å². The van der Waals surface area contributed by atoms with E-state index >= 15 is 0 Å². The van der Waals surface area contributed by atoms with E-state index in [4.69, 9.17) is 23.6 Å². The molecule has 0 heterocycles. The Hall–Kier alpha value is -2.59. The number of carbonyl (C=O) groups is 2. The minimum Gasteiger partial charge on any atom is -0.756 e. The highest BCUT2D eigenvalue weighted by Gasteiger charge is 2.21. The SMILES string of the molecule is CCCCC/C=C\C/C=C\CCCCCCCC(=O)O[C@H](COC(=O)CCC/C=C\C/C=C\C/C=C\C/C=C\CCCCCO)COP(=O)([O-])OCC[N+](C)(C)C. The van der Waals surface area contributed by atoms with Crippen molar-refractivity contribution in [3.63, 3.8) is 0 Å². The summed E-state index contributed by atoms with van der Waals surface area (Å²) >= 11 is 0. The molecule has 0 spiro atoms. The molecule has 0 fully saturated rings. The number of likely N-dealkylation sites (N-methyl/N-ethyl adjacent to an activating group) is 1. The van der Waals surface area contributed by atoms with Gasteiger partial charge in [0.2, 0.25) is 0 Å². The molecule has 0 amide bonds. The summed E-state index contributed by atoms with van der Waals surface area (Å²) in [6.07, 6.45) is 45.2. The van der Waals surface area contributed by atoms with Gasteiger partial charge in [0.25, 0.3) is 7.82 Å². The number of nitrogens with zero attached hydrogens (tertiary/aromatic N) is 1. The maximum atomic E-state index is 12.7. The van der Waals surface area contributed by atoms with E-state index in [1.54, 1.807) is 0 Å². The Bertz CT molecular complexity index is 1200. The predicted molar refractivity (Wildman–Crippen MR) is 232 cm³/mol. The van der Waals surface area contributed by atoms with E-state index in [1.807, 2.05) is 27.2 Å². The minimum absolute atomic E-state index is 0.0504. The minimum atomic E-state index is -4.65. The van der Waals surface area contributed by atoms with E-state index in [2.05, 4.69) is 73.8 Å². The summed E-state index contributed by atoms with van der Waals surface area (Å²) < 4.78 is 33.8. The summed E-state index contributed by atoms with van der Waals surface area (Å²) in [6.45, 7) is 2.10. The quantitative estimate of drug-likeness (QED) is 0.0212. The summed E-state index contributed by atoms with van der Waals surface area (Å²) in [5.41, 5.74) is 0. The van der Waals surface area contributed by atoms with Crippen LogP contribution in [0.25, 0.3) is 0 Å². The summed E-state index contributed by atoms with van der Waals surface area (Å²) in [4.78, 5) is 37.5. The van der Waals surface area contributed by atoms with Gasteiger partial charge in [0.1, 0.15) is 19.8 Å². The fourth-order valence-electron chi connectivity index (χ4n) is 5.30. The van der Waals surface area contributed by atoms with Crippen molar-refractivity contribution in [1.29, 1.82) is 0 Å². The van der Waals surface area contributed by atoms with Crippen LogP contribution in [0.3, 0.4) is 0 Å². The standard InChI is InChI=1S/C46H80NO9P/c1-5-6-7-8-9-10-11-12-16-20-23-26-29-32-35-38-46(50)56-44(43-55-57(51,52)54-41-39-47(2,3)4)42-53-45(49)37-34-31-28-25-22-19-17-14-13-15-18-21-24-27-30-33-36-40-48/h9-10,12-13,15-17,19,21,24-25,28,44,48H,5-8,11,14,18,20,22-23,26-27,29-43H2,1-4H3/b10-9-,15-13-,16-12-,19-17-,24-21-,28-25-/t44-/m1/s1. The largest absolute Gasteiger partial charge is 0.756 e. The molecule has 0 aliphatic rings. The highest BCUT2D eigenvalue weighted by Crippen LogP contribution is 2.38. The topological polar surface area (TPSA) is 131 Å². The van der Waals surface area contributed by atoms with Crippen molar-refractivity contribution in [2.45, 2.75) is 154 Å². The Balaban J connectivity index is 4.49. The third-order valence-corrected chi connectivity index (χ3v) is 9.72. The van der Waals surface area contributed by atoms with Crippen molar-refractivity contribution in [2.75, 3.05) is 54.1 Å². The van der Waals surface area contributed by atoms with Crippen LogP contribution in [0.5, 0.6) is 0 Å². The summed E-state index contributed by atoms with van der Waals surface area (Å²) in [5.74, 6) is -0.938. The molecule has 0 aromatic rings. The smallest absolute Gasteiger partial charge is 0.306 e. The fraction of sp³-hybridized carbons (Fsp3) is 0.696. The molecule has 0 aliphatic heterocycles. The summed E-state index contributed by atoms with van der Waals surface area (Å²) in [7, 11) is 1.10. The second-order valence-electron chi connectivity index (χ2n) is 15.4. The maximum absolute atomic E-state index is 12.7. The monoisotopic (exact) mass is 822 g/mol. The molecular weight excluding hydrogens is 741 g/mol. The predicted octanol–water partition coefficient (Wildman–Crippen LogP) is 10.6. The average Bonchev–Trinajstić information content (AvgIpc) is 3.16. The number of esters is 2. The van der Waals surface area contributed by atoms with Crippen LogP contribution in [0, 0.1) is 0 Å². The number of hydrogen-bond acceptors (Lipinski definition) is 9. The Morgan fingerprint density at radius 1 is 0.596 bits per heavy atom. The second-order valence-corrected chi connectivity index (χ2v) is 16.8. The van der Waals surface area contributed by atoms with Gasteiger partial charge in [-0.15, -0.1) is 0 Å². The van der Waals surface area contributed by atoms with Gasteiger partial charge in [-0.05, 0) is 89.9 Å². The van der Waals surface area contributed by atoms with E-state index in [-0.39, 0.29) is 32.7 Å². The first-order valence-electron chi connectivity index (χ1n) is 21.8. The van der Waals surface area contributed by atoms with Gasteiger partial charge in [0.05, 0.1) is 27.7 Å². The summed E-state index contributed by atoms with van der Waals surface area (Å²) in [6, 6.07) is 0. The van der Waals surface area contributed by atoms with Crippen molar-refractivity contribution in [3.05, 3.63) is 72.9 Å². The van der Waals surface area contributed by atoms with Gasteiger partial charge in [-0.3, -0.25) is 14.2 Å². The molecule has 10 nitrogen and oxygen atoms in total. The van der Waals surface area contributed by atoms with E-state index in [0.717, 1.165) is 89.9 Å². The molecule has 2 atom stereocenters. The lowest BCUT2D eigenvalue weighted by molar-refractivity contribution is -0.870. The molecule has 0 saturated carbocycles. The van der Waals surface area contributed by atoms with Gasteiger partial charge in [-0.25, -0.2) is 0 Å². The Morgan fingerprint density at radius 3 is 1.58 bits per heavy atom. The van der Waals surface area contributed by atoms with E-state index in [1.165, 1.54) is 19.3 Å². The molecule has 1 N–H and O–H groups in total. The zero-order valence-corrected chi connectivity index (χ0v) is 37.1. The van der Waals surface area contributed by atoms with Crippen molar-refractivity contribution in [1.82, 2.24) is 0 Å². The molecule has 328 valence electrons. The zero-order chi connectivity index (χ0) is 42.1. The fourth-order valence-corrected chi connectivity index (χ4v) is 6.03. The lowest BCUT2D eigenvalue weighted by Crippen LogP contribution is -2.37. The first-order valence-corrected chi connectivity index (χ1v) is 23.2. The van der Waals surface area contributed by atoms with Crippen LogP contribution in [0.4, 0.5) is 0 Å². The lowest BCUT2D eigenvalue weighted by atomic mass is 10.1. The number of allylic oxidation sites excluding steroid dienone is 12. The first-order chi connectivity index (χ1) is 27.5. The number of unbranched alkanes of at least 4 members (excludes halogenated alkanes) is 12. The molecule has 0 rings (SSSR count). The number of hydrogen-bond donors (Lipinski definition) is 1.